The van der Waals surface area contributed by atoms with Crippen LogP contribution in [0, 0.1) is 5.82 Å². The molecule has 0 atom stereocenters. The summed E-state index contributed by atoms with van der Waals surface area (Å²) >= 11 is 0. The van der Waals surface area contributed by atoms with Crippen molar-refractivity contribution in [2.75, 3.05) is 22.5 Å². The van der Waals surface area contributed by atoms with Crippen LogP contribution in [0.4, 0.5) is 26.4 Å². The number of hydrogen-bond acceptors (Lipinski definition) is 7. The van der Waals surface area contributed by atoms with Crippen LogP contribution < -0.4 is 16.0 Å². The van der Waals surface area contributed by atoms with E-state index in [0.29, 0.717) is 40.9 Å². The van der Waals surface area contributed by atoms with Crippen LogP contribution in [0.5, 0.6) is 0 Å². The van der Waals surface area contributed by atoms with Crippen molar-refractivity contribution in [1.29, 1.82) is 0 Å². The number of pyridine rings is 1. The minimum atomic E-state index is -0.448. The average Bonchev–Trinajstić information content (AvgIpc) is 3.31. The number of hydrogen-bond donors (Lipinski definition) is 3. The normalized spacial score (nSPS) is 10.8. The van der Waals surface area contributed by atoms with Crippen molar-refractivity contribution in [3.8, 4) is 11.5 Å². The predicted molar refractivity (Wildman–Crippen MR) is 131 cm³/mol. The molecule has 0 spiro atoms. The molecule has 0 radical (unpaired) electrons. The number of amides is 2. The minimum absolute atomic E-state index is 0.379. The Kier molecular flexibility index (Phi) is 6.25. The van der Waals surface area contributed by atoms with Gasteiger partial charge >= 0.3 is 6.03 Å². The number of rotatable bonds is 7. The van der Waals surface area contributed by atoms with Crippen molar-refractivity contribution in [1.82, 2.24) is 19.9 Å². The van der Waals surface area contributed by atoms with Gasteiger partial charge in [-0.1, -0.05) is 18.2 Å². The van der Waals surface area contributed by atoms with Crippen molar-refractivity contribution >= 4 is 34.5 Å². The Morgan fingerprint density at radius 2 is 1.74 bits per heavy atom. The molecule has 2 amide bonds. The third-order valence-corrected chi connectivity index (χ3v) is 5.12. The van der Waals surface area contributed by atoms with Crippen LogP contribution in [-0.2, 0) is 6.42 Å². The third kappa shape index (κ3) is 5.38. The van der Waals surface area contributed by atoms with Crippen molar-refractivity contribution in [2.45, 2.75) is 6.42 Å². The van der Waals surface area contributed by atoms with E-state index in [2.05, 4.69) is 35.9 Å². The molecule has 3 heterocycles. The second-order valence-corrected chi connectivity index (χ2v) is 7.59. The fourth-order valence-corrected chi connectivity index (χ4v) is 3.44. The molecule has 5 rings (SSSR count). The highest BCUT2D eigenvalue weighted by Gasteiger charge is 2.13. The lowest BCUT2D eigenvalue weighted by Crippen LogP contribution is -2.19. The molecule has 0 saturated carbocycles. The first-order chi connectivity index (χ1) is 17.1. The molecule has 9 nitrogen and oxygen atoms in total. The highest BCUT2D eigenvalue weighted by atomic mass is 19.1. The van der Waals surface area contributed by atoms with Crippen molar-refractivity contribution in [3.05, 3.63) is 90.8 Å². The second-order valence-electron chi connectivity index (χ2n) is 7.59. The van der Waals surface area contributed by atoms with Crippen LogP contribution in [0.25, 0.3) is 22.7 Å². The van der Waals surface area contributed by atoms with Gasteiger partial charge in [-0.3, -0.25) is 4.98 Å². The van der Waals surface area contributed by atoms with Crippen molar-refractivity contribution in [2.24, 2.45) is 0 Å². The molecule has 35 heavy (non-hydrogen) atoms. The molecule has 0 aliphatic heterocycles. The molecule has 0 aliphatic rings. The number of urea groups is 1. The Balaban J connectivity index is 1.17. The SMILES string of the molecule is O=C(Nc1ccc(CCNc2ncnc3oc(-c4ccncc4)nc23)cc1)Nc1cccc(F)c1. The molecular weight excluding hydrogens is 449 g/mol. The van der Waals surface area contributed by atoms with Crippen molar-refractivity contribution in [3.63, 3.8) is 0 Å². The Labute approximate surface area is 199 Å². The minimum Gasteiger partial charge on any atom is -0.417 e. The number of benzene rings is 2. The predicted octanol–water partition coefficient (Wildman–Crippen LogP) is 5.12. The zero-order valence-corrected chi connectivity index (χ0v) is 18.4. The molecule has 174 valence electrons. The summed E-state index contributed by atoms with van der Waals surface area (Å²) in [4.78, 5) is 29.1. The summed E-state index contributed by atoms with van der Waals surface area (Å²) in [6.45, 7) is 0.608. The summed E-state index contributed by atoms with van der Waals surface area (Å²) < 4.78 is 19.0. The van der Waals surface area contributed by atoms with E-state index in [4.69, 9.17) is 4.42 Å². The van der Waals surface area contributed by atoms with E-state index in [9.17, 15) is 9.18 Å². The van der Waals surface area contributed by atoms with Crippen LogP contribution in [0.1, 0.15) is 5.56 Å². The lowest BCUT2D eigenvalue weighted by Gasteiger charge is -2.09. The van der Waals surface area contributed by atoms with Crippen molar-refractivity contribution < 1.29 is 13.6 Å². The van der Waals surface area contributed by atoms with E-state index >= 15 is 0 Å². The maximum atomic E-state index is 13.3. The first kappa shape index (κ1) is 22.0. The Morgan fingerprint density at radius 3 is 2.54 bits per heavy atom. The lowest BCUT2D eigenvalue weighted by molar-refractivity contribution is 0.262. The van der Waals surface area contributed by atoms with Crippen LogP contribution in [0.15, 0.2) is 83.8 Å². The molecular formula is C25H20FN7O2. The summed E-state index contributed by atoms with van der Waals surface area (Å²) in [6.07, 6.45) is 5.50. The number of carbonyl (C=O) groups excluding carboxylic acids is 1. The van der Waals surface area contributed by atoms with E-state index in [1.165, 1.54) is 24.5 Å². The highest BCUT2D eigenvalue weighted by Crippen LogP contribution is 2.25. The molecule has 3 N–H and O–H groups in total. The van der Waals surface area contributed by atoms with Gasteiger partial charge < -0.3 is 20.4 Å². The van der Waals surface area contributed by atoms with E-state index in [0.717, 1.165) is 17.5 Å². The zero-order chi connectivity index (χ0) is 24.0. The molecule has 5 aromatic rings. The summed E-state index contributed by atoms with van der Waals surface area (Å²) in [5.74, 6) is 0.628. The fraction of sp³-hybridized carbons (Fsp3) is 0.0800. The van der Waals surface area contributed by atoms with Gasteiger partial charge in [-0.05, 0) is 54.4 Å². The lowest BCUT2D eigenvalue weighted by atomic mass is 10.1. The first-order valence-electron chi connectivity index (χ1n) is 10.8. The van der Waals surface area contributed by atoms with Crippen LogP contribution in [0.2, 0.25) is 0 Å². The number of carbonyl (C=O) groups is 1. The number of halogens is 1. The topological polar surface area (TPSA) is 118 Å². The third-order valence-electron chi connectivity index (χ3n) is 5.12. The smallest absolute Gasteiger partial charge is 0.323 e. The van der Waals surface area contributed by atoms with E-state index < -0.39 is 11.8 Å². The number of oxazole rings is 1. The quantitative estimate of drug-likeness (QED) is 0.303. The summed E-state index contributed by atoms with van der Waals surface area (Å²) in [7, 11) is 0. The Bertz CT molecular complexity index is 1460. The Hall–Kier alpha value is -4.86. The largest absolute Gasteiger partial charge is 0.417 e. The number of aromatic nitrogens is 4. The van der Waals surface area contributed by atoms with E-state index in [-0.39, 0.29) is 0 Å². The maximum absolute atomic E-state index is 13.3. The van der Waals surface area contributed by atoms with Gasteiger partial charge in [0.05, 0.1) is 0 Å². The summed E-state index contributed by atoms with van der Waals surface area (Å²) in [6, 6.07) is 16.4. The summed E-state index contributed by atoms with van der Waals surface area (Å²) in [5.41, 5.74) is 3.84. The maximum Gasteiger partial charge on any atom is 0.323 e. The van der Waals surface area contributed by atoms with E-state index in [1.807, 2.05) is 36.4 Å². The van der Waals surface area contributed by atoms with Gasteiger partial charge in [0, 0.05) is 35.9 Å². The van der Waals surface area contributed by atoms with Gasteiger partial charge in [-0.2, -0.15) is 4.98 Å². The van der Waals surface area contributed by atoms with Gasteiger partial charge in [-0.25, -0.2) is 19.2 Å². The second kappa shape index (κ2) is 9.96. The molecule has 0 bridgehead atoms. The fourth-order valence-electron chi connectivity index (χ4n) is 3.44. The molecule has 10 heteroatoms. The van der Waals surface area contributed by atoms with Gasteiger partial charge in [0.15, 0.2) is 11.3 Å². The van der Waals surface area contributed by atoms with Crippen LogP contribution >= 0.6 is 0 Å². The zero-order valence-electron chi connectivity index (χ0n) is 18.4. The number of nitrogens with one attached hydrogen (secondary N) is 3. The highest BCUT2D eigenvalue weighted by molar-refractivity contribution is 5.99. The van der Waals surface area contributed by atoms with Gasteiger partial charge in [-0.15, -0.1) is 0 Å². The van der Waals surface area contributed by atoms with Gasteiger partial charge in [0.2, 0.25) is 5.89 Å². The van der Waals surface area contributed by atoms with E-state index in [1.54, 1.807) is 18.5 Å². The average molecular weight is 469 g/mol. The number of anilines is 3. The molecule has 2 aromatic carbocycles. The van der Waals surface area contributed by atoms with Gasteiger partial charge in [0.1, 0.15) is 12.1 Å². The van der Waals surface area contributed by atoms with Gasteiger partial charge in [0.25, 0.3) is 5.71 Å². The Morgan fingerprint density at radius 1 is 0.943 bits per heavy atom. The van der Waals surface area contributed by atoms with Crippen LogP contribution in [-0.4, -0.2) is 32.5 Å². The number of nitrogens with zero attached hydrogens (tertiary/aromatic N) is 4. The molecule has 0 fully saturated rings. The monoisotopic (exact) mass is 469 g/mol. The molecule has 0 saturated heterocycles. The first-order valence-corrected chi connectivity index (χ1v) is 10.8. The number of fused-ring (bicyclic) bond motifs is 1. The molecule has 3 aromatic heterocycles. The standard InChI is InChI=1S/C25H20FN7O2/c26-18-2-1-3-20(14-18)32-25(34)31-19-6-4-16(5-7-19)8-13-28-22-21-24(30-15-29-22)35-23(33-21)17-9-11-27-12-10-17/h1-7,9-12,14-15H,8,13H2,(H,28,29,30)(H2,31,32,34). The summed E-state index contributed by atoms with van der Waals surface area (Å²) in [5, 5.41) is 8.61. The molecule has 0 unspecified atom stereocenters. The van der Waals surface area contributed by atoms with Crippen LogP contribution in [0.3, 0.4) is 0 Å². The molecule has 0 aliphatic carbocycles.